The van der Waals surface area contributed by atoms with E-state index in [1.54, 1.807) is 12.1 Å². The van der Waals surface area contributed by atoms with E-state index in [1.165, 1.54) is 0 Å². The standard InChI is InChI=1S/C14H23N3O2/c1-10(2)4-6-19-7-5-16-14(18)12-8-11(3)17-13(15)9-12/h8-10H,4-7H2,1-3H3,(H2,15,17)(H,16,18). The van der Waals surface area contributed by atoms with Crippen LogP contribution in [0, 0.1) is 12.8 Å². The molecule has 0 unspecified atom stereocenters. The molecular formula is C14H23N3O2. The second-order valence-corrected chi connectivity index (χ2v) is 4.97. The van der Waals surface area contributed by atoms with Crippen molar-refractivity contribution < 1.29 is 9.53 Å². The minimum atomic E-state index is -0.148. The maximum atomic E-state index is 11.8. The van der Waals surface area contributed by atoms with Gasteiger partial charge in [-0.25, -0.2) is 4.98 Å². The van der Waals surface area contributed by atoms with Crippen LogP contribution in [0.4, 0.5) is 5.82 Å². The average molecular weight is 265 g/mol. The highest BCUT2D eigenvalue weighted by molar-refractivity contribution is 5.94. The van der Waals surface area contributed by atoms with E-state index in [9.17, 15) is 4.79 Å². The number of carbonyl (C=O) groups is 1. The van der Waals surface area contributed by atoms with E-state index < -0.39 is 0 Å². The zero-order chi connectivity index (χ0) is 14.3. The lowest BCUT2D eigenvalue weighted by atomic mass is 10.1. The fraction of sp³-hybridized carbons (Fsp3) is 0.571. The lowest BCUT2D eigenvalue weighted by Gasteiger charge is -2.08. The van der Waals surface area contributed by atoms with Gasteiger partial charge in [0.1, 0.15) is 5.82 Å². The number of nitrogens with zero attached hydrogens (tertiary/aromatic N) is 1. The molecular weight excluding hydrogens is 242 g/mol. The number of hydrogen-bond acceptors (Lipinski definition) is 4. The fourth-order valence-corrected chi connectivity index (χ4v) is 1.59. The predicted octanol–water partition coefficient (Wildman–Crippen LogP) is 1.76. The molecule has 0 bridgehead atoms. The number of nitrogens with one attached hydrogen (secondary N) is 1. The Labute approximate surface area is 114 Å². The second-order valence-electron chi connectivity index (χ2n) is 4.97. The summed E-state index contributed by atoms with van der Waals surface area (Å²) in [7, 11) is 0. The van der Waals surface area contributed by atoms with Gasteiger partial charge in [-0.3, -0.25) is 4.79 Å². The van der Waals surface area contributed by atoms with Crippen molar-refractivity contribution in [3.63, 3.8) is 0 Å². The van der Waals surface area contributed by atoms with Crippen molar-refractivity contribution in [2.24, 2.45) is 5.92 Å². The molecule has 0 aliphatic heterocycles. The van der Waals surface area contributed by atoms with Crippen molar-refractivity contribution in [2.75, 3.05) is 25.5 Å². The van der Waals surface area contributed by atoms with Crippen LogP contribution in [0.25, 0.3) is 0 Å². The first-order valence-corrected chi connectivity index (χ1v) is 6.59. The summed E-state index contributed by atoms with van der Waals surface area (Å²) >= 11 is 0. The van der Waals surface area contributed by atoms with Crippen molar-refractivity contribution in [1.82, 2.24) is 10.3 Å². The third-order valence-electron chi connectivity index (χ3n) is 2.61. The molecule has 0 saturated heterocycles. The number of ether oxygens (including phenoxy) is 1. The van der Waals surface area contributed by atoms with Crippen LogP contribution in [-0.4, -0.2) is 30.6 Å². The Kier molecular flexibility index (Phi) is 6.29. The molecule has 0 fully saturated rings. The minimum Gasteiger partial charge on any atom is -0.384 e. The minimum absolute atomic E-state index is 0.148. The fourth-order valence-electron chi connectivity index (χ4n) is 1.59. The van der Waals surface area contributed by atoms with Crippen LogP contribution in [0.2, 0.25) is 0 Å². The van der Waals surface area contributed by atoms with Gasteiger partial charge in [-0.05, 0) is 31.4 Å². The van der Waals surface area contributed by atoms with Crippen LogP contribution in [0.5, 0.6) is 0 Å². The molecule has 0 saturated carbocycles. The van der Waals surface area contributed by atoms with Crippen LogP contribution >= 0.6 is 0 Å². The van der Waals surface area contributed by atoms with Gasteiger partial charge in [0.25, 0.3) is 5.91 Å². The third-order valence-corrected chi connectivity index (χ3v) is 2.61. The zero-order valence-electron chi connectivity index (χ0n) is 11.9. The van der Waals surface area contributed by atoms with Gasteiger partial charge in [-0.2, -0.15) is 0 Å². The number of anilines is 1. The van der Waals surface area contributed by atoms with Crippen LogP contribution in [0.15, 0.2) is 12.1 Å². The van der Waals surface area contributed by atoms with Crippen molar-refractivity contribution in [1.29, 1.82) is 0 Å². The number of aryl methyl sites for hydroxylation is 1. The number of hydrogen-bond donors (Lipinski definition) is 2. The van der Waals surface area contributed by atoms with Crippen LogP contribution in [-0.2, 0) is 4.74 Å². The molecule has 106 valence electrons. The number of aromatic nitrogens is 1. The molecule has 1 rings (SSSR count). The highest BCUT2D eigenvalue weighted by Gasteiger charge is 2.06. The van der Waals surface area contributed by atoms with Gasteiger partial charge in [-0.15, -0.1) is 0 Å². The maximum absolute atomic E-state index is 11.8. The van der Waals surface area contributed by atoms with E-state index >= 15 is 0 Å². The predicted molar refractivity (Wildman–Crippen MR) is 76.0 cm³/mol. The Bertz CT molecular complexity index is 399. The maximum Gasteiger partial charge on any atom is 0.251 e. The summed E-state index contributed by atoms with van der Waals surface area (Å²) in [4.78, 5) is 15.9. The third kappa shape index (κ3) is 6.20. The van der Waals surface area contributed by atoms with Crippen molar-refractivity contribution in [3.8, 4) is 0 Å². The van der Waals surface area contributed by atoms with Crippen LogP contribution < -0.4 is 11.1 Å². The number of rotatable bonds is 7. The van der Waals surface area contributed by atoms with Gasteiger partial charge in [0.15, 0.2) is 0 Å². The number of pyridine rings is 1. The number of nitrogens with two attached hydrogens (primary N) is 1. The molecule has 0 radical (unpaired) electrons. The summed E-state index contributed by atoms with van der Waals surface area (Å²) in [6.07, 6.45) is 1.04. The molecule has 1 aromatic rings. The first-order chi connectivity index (χ1) is 8.99. The first-order valence-electron chi connectivity index (χ1n) is 6.59. The van der Waals surface area contributed by atoms with Crippen molar-refractivity contribution >= 4 is 11.7 Å². The van der Waals surface area contributed by atoms with Crippen molar-refractivity contribution in [2.45, 2.75) is 27.2 Å². The van der Waals surface area contributed by atoms with E-state index in [0.29, 0.717) is 30.5 Å². The summed E-state index contributed by atoms with van der Waals surface area (Å²) in [6.45, 7) is 7.87. The van der Waals surface area contributed by atoms with E-state index in [1.807, 2.05) is 6.92 Å². The lowest BCUT2D eigenvalue weighted by Crippen LogP contribution is -2.27. The van der Waals surface area contributed by atoms with Gasteiger partial charge in [0.05, 0.1) is 6.61 Å². The van der Waals surface area contributed by atoms with E-state index in [2.05, 4.69) is 24.1 Å². The van der Waals surface area contributed by atoms with Crippen molar-refractivity contribution in [3.05, 3.63) is 23.4 Å². The molecule has 0 atom stereocenters. The topological polar surface area (TPSA) is 77.2 Å². The largest absolute Gasteiger partial charge is 0.384 e. The van der Waals surface area contributed by atoms with E-state index in [-0.39, 0.29) is 5.91 Å². The van der Waals surface area contributed by atoms with E-state index in [4.69, 9.17) is 10.5 Å². The van der Waals surface area contributed by atoms with Crippen LogP contribution in [0.3, 0.4) is 0 Å². The SMILES string of the molecule is Cc1cc(C(=O)NCCOCCC(C)C)cc(N)n1. The number of carbonyl (C=O) groups excluding carboxylic acids is 1. The van der Waals surface area contributed by atoms with Gasteiger partial charge < -0.3 is 15.8 Å². The van der Waals surface area contributed by atoms with Gasteiger partial charge >= 0.3 is 0 Å². The molecule has 0 aromatic carbocycles. The second kappa shape index (κ2) is 7.74. The highest BCUT2D eigenvalue weighted by atomic mass is 16.5. The average Bonchev–Trinajstić information content (AvgIpc) is 2.31. The van der Waals surface area contributed by atoms with Gasteiger partial charge in [-0.1, -0.05) is 13.8 Å². The Morgan fingerprint density at radius 3 is 2.79 bits per heavy atom. The quantitative estimate of drug-likeness (QED) is 0.736. The smallest absolute Gasteiger partial charge is 0.251 e. The highest BCUT2D eigenvalue weighted by Crippen LogP contribution is 2.06. The molecule has 3 N–H and O–H groups in total. The molecule has 19 heavy (non-hydrogen) atoms. The van der Waals surface area contributed by atoms with Gasteiger partial charge in [0.2, 0.25) is 0 Å². The summed E-state index contributed by atoms with van der Waals surface area (Å²) in [6, 6.07) is 3.28. The molecule has 1 heterocycles. The Morgan fingerprint density at radius 2 is 2.16 bits per heavy atom. The summed E-state index contributed by atoms with van der Waals surface area (Å²) in [5.41, 5.74) is 6.87. The molecule has 1 aromatic heterocycles. The molecule has 1 amide bonds. The van der Waals surface area contributed by atoms with E-state index in [0.717, 1.165) is 18.7 Å². The monoisotopic (exact) mass is 265 g/mol. The zero-order valence-corrected chi connectivity index (χ0v) is 11.9. The number of nitrogen functional groups attached to an aromatic ring is 1. The Balaban J connectivity index is 2.27. The first kappa shape index (κ1) is 15.4. The molecule has 0 aliphatic carbocycles. The molecule has 5 nitrogen and oxygen atoms in total. The lowest BCUT2D eigenvalue weighted by molar-refractivity contribution is 0.0905. The molecule has 0 aliphatic rings. The molecule has 0 spiro atoms. The number of amides is 1. The summed E-state index contributed by atoms with van der Waals surface area (Å²) in [5.74, 6) is 0.848. The normalized spacial score (nSPS) is 10.7. The molecule has 5 heteroatoms. The Morgan fingerprint density at radius 1 is 1.42 bits per heavy atom. The summed E-state index contributed by atoms with van der Waals surface area (Å²) in [5, 5.41) is 2.79. The van der Waals surface area contributed by atoms with Crippen LogP contribution in [0.1, 0.15) is 36.3 Å². The Hall–Kier alpha value is -1.62. The summed E-state index contributed by atoms with van der Waals surface area (Å²) < 4.78 is 5.43. The van der Waals surface area contributed by atoms with Gasteiger partial charge in [0, 0.05) is 24.4 Å².